The van der Waals surface area contributed by atoms with Gasteiger partial charge in [-0.1, -0.05) is 12.1 Å². The largest absolute Gasteiger partial charge is 0.508 e. The number of phenolic OH excluding ortho intramolecular Hbond substituents is 1. The van der Waals surface area contributed by atoms with E-state index >= 15 is 0 Å². The highest BCUT2D eigenvalue weighted by atomic mass is 16.5. The molecule has 0 unspecified atom stereocenters. The van der Waals surface area contributed by atoms with E-state index in [9.17, 15) is 5.11 Å². The first-order chi connectivity index (χ1) is 9.69. The standard InChI is InChI=1S/C17H15NO2/c1-11-3-4-12(9-17(11)19)14-7-8-18-16-6-5-13(20-2)10-15(14)16/h3-10,19H,1-2H3. The maximum Gasteiger partial charge on any atom is 0.119 e. The van der Waals surface area contributed by atoms with Gasteiger partial charge >= 0.3 is 0 Å². The van der Waals surface area contributed by atoms with Gasteiger partial charge in [-0.05, 0) is 53.9 Å². The SMILES string of the molecule is COc1ccc2nccc(-c3ccc(C)c(O)c3)c2c1. The molecule has 1 heterocycles. The van der Waals surface area contributed by atoms with Crippen LogP contribution in [0.2, 0.25) is 0 Å². The van der Waals surface area contributed by atoms with Crippen LogP contribution >= 0.6 is 0 Å². The number of aromatic hydroxyl groups is 1. The van der Waals surface area contributed by atoms with Gasteiger partial charge in [0.15, 0.2) is 0 Å². The van der Waals surface area contributed by atoms with Crippen LogP contribution in [0.5, 0.6) is 11.5 Å². The summed E-state index contributed by atoms with van der Waals surface area (Å²) in [4.78, 5) is 4.36. The average Bonchev–Trinajstić information content (AvgIpc) is 2.49. The molecule has 1 aromatic heterocycles. The van der Waals surface area contributed by atoms with Gasteiger partial charge in [0.25, 0.3) is 0 Å². The van der Waals surface area contributed by atoms with E-state index in [1.54, 1.807) is 19.4 Å². The zero-order chi connectivity index (χ0) is 14.1. The first-order valence-corrected chi connectivity index (χ1v) is 6.42. The number of hydrogen-bond acceptors (Lipinski definition) is 3. The van der Waals surface area contributed by atoms with Crippen molar-refractivity contribution in [3.8, 4) is 22.6 Å². The zero-order valence-electron chi connectivity index (χ0n) is 11.4. The molecule has 0 saturated carbocycles. The van der Waals surface area contributed by atoms with Crippen molar-refractivity contribution in [2.75, 3.05) is 7.11 Å². The third-order valence-electron chi connectivity index (χ3n) is 3.47. The number of fused-ring (bicyclic) bond motifs is 1. The van der Waals surface area contributed by atoms with Gasteiger partial charge in [-0.3, -0.25) is 4.98 Å². The molecule has 0 atom stereocenters. The van der Waals surface area contributed by atoms with Crippen LogP contribution in [0.15, 0.2) is 48.7 Å². The predicted molar refractivity (Wildman–Crippen MR) is 80.1 cm³/mol. The Hall–Kier alpha value is -2.55. The lowest BCUT2D eigenvalue weighted by molar-refractivity contribution is 0.415. The van der Waals surface area contributed by atoms with Crippen molar-refractivity contribution in [2.24, 2.45) is 0 Å². The molecule has 0 aliphatic carbocycles. The van der Waals surface area contributed by atoms with Crippen LogP contribution in [0.25, 0.3) is 22.0 Å². The van der Waals surface area contributed by atoms with E-state index in [2.05, 4.69) is 4.98 Å². The number of nitrogens with zero attached hydrogens (tertiary/aromatic N) is 1. The van der Waals surface area contributed by atoms with Gasteiger partial charge in [0.05, 0.1) is 12.6 Å². The summed E-state index contributed by atoms with van der Waals surface area (Å²) in [6.07, 6.45) is 1.78. The van der Waals surface area contributed by atoms with Gasteiger partial charge in [-0.25, -0.2) is 0 Å². The number of pyridine rings is 1. The van der Waals surface area contributed by atoms with E-state index in [0.29, 0.717) is 5.75 Å². The molecule has 100 valence electrons. The summed E-state index contributed by atoms with van der Waals surface area (Å²) in [7, 11) is 1.65. The molecule has 2 aromatic carbocycles. The van der Waals surface area contributed by atoms with Gasteiger partial charge in [-0.15, -0.1) is 0 Å². The topological polar surface area (TPSA) is 42.4 Å². The van der Waals surface area contributed by atoms with Gasteiger partial charge in [-0.2, -0.15) is 0 Å². The van der Waals surface area contributed by atoms with Crippen molar-refractivity contribution in [3.05, 3.63) is 54.2 Å². The number of rotatable bonds is 2. The average molecular weight is 265 g/mol. The minimum absolute atomic E-state index is 0.301. The van der Waals surface area contributed by atoms with Crippen LogP contribution in [0.3, 0.4) is 0 Å². The van der Waals surface area contributed by atoms with Crippen molar-refractivity contribution in [1.82, 2.24) is 4.98 Å². The van der Waals surface area contributed by atoms with Crippen LogP contribution in [0.1, 0.15) is 5.56 Å². The number of benzene rings is 2. The van der Waals surface area contributed by atoms with Crippen molar-refractivity contribution in [3.63, 3.8) is 0 Å². The highest BCUT2D eigenvalue weighted by molar-refractivity contribution is 5.95. The van der Waals surface area contributed by atoms with Gasteiger partial charge in [0, 0.05) is 11.6 Å². The molecule has 0 aliphatic rings. The molecule has 0 radical (unpaired) electrons. The quantitative estimate of drug-likeness (QED) is 0.763. The Balaban J connectivity index is 2.26. The fourth-order valence-electron chi connectivity index (χ4n) is 2.28. The summed E-state index contributed by atoms with van der Waals surface area (Å²) >= 11 is 0. The highest BCUT2D eigenvalue weighted by Crippen LogP contribution is 2.32. The number of ether oxygens (including phenoxy) is 1. The normalized spacial score (nSPS) is 10.7. The molecule has 3 heteroatoms. The lowest BCUT2D eigenvalue weighted by Gasteiger charge is -2.09. The molecule has 0 fully saturated rings. The van der Waals surface area contributed by atoms with Crippen LogP contribution in [0, 0.1) is 6.92 Å². The molecule has 3 aromatic rings. The minimum Gasteiger partial charge on any atom is -0.508 e. The maximum absolute atomic E-state index is 9.89. The molecule has 3 rings (SSSR count). The van der Waals surface area contributed by atoms with E-state index < -0.39 is 0 Å². The van der Waals surface area contributed by atoms with Crippen molar-refractivity contribution < 1.29 is 9.84 Å². The smallest absolute Gasteiger partial charge is 0.119 e. The predicted octanol–water partition coefficient (Wildman–Crippen LogP) is 3.92. The second-order valence-corrected chi connectivity index (χ2v) is 4.74. The number of aromatic nitrogens is 1. The van der Waals surface area contributed by atoms with Crippen LogP contribution in [-0.2, 0) is 0 Å². The van der Waals surface area contributed by atoms with Gasteiger partial charge < -0.3 is 9.84 Å². The summed E-state index contributed by atoms with van der Waals surface area (Å²) in [5.41, 5.74) is 3.77. The summed E-state index contributed by atoms with van der Waals surface area (Å²) in [6, 6.07) is 13.4. The first-order valence-electron chi connectivity index (χ1n) is 6.42. The van der Waals surface area contributed by atoms with Gasteiger partial charge in [0.1, 0.15) is 11.5 Å². The Morgan fingerprint density at radius 1 is 1.05 bits per heavy atom. The summed E-state index contributed by atoms with van der Waals surface area (Å²) in [5.74, 6) is 1.10. The third-order valence-corrected chi connectivity index (χ3v) is 3.47. The van der Waals surface area contributed by atoms with Gasteiger partial charge in [0.2, 0.25) is 0 Å². The second kappa shape index (κ2) is 4.85. The molecular formula is C17H15NO2. The number of hydrogen-bond donors (Lipinski definition) is 1. The van der Waals surface area contributed by atoms with E-state index in [-0.39, 0.29) is 0 Å². The third kappa shape index (κ3) is 2.07. The summed E-state index contributed by atoms with van der Waals surface area (Å²) in [5, 5.41) is 10.9. The number of phenols is 1. The minimum atomic E-state index is 0.301. The van der Waals surface area contributed by atoms with E-state index in [1.807, 2.05) is 43.3 Å². The van der Waals surface area contributed by atoms with Crippen molar-refractivity contribution in [1.29, 1.82) is 0 Å². The fourth-order valence-corrected chi connectivity index (χ4v) is 2.28. The number of methoxy groups -OCH3 is 1. The Bertz CT molecular complexity index is 781. The van der Waals surface area contributed by atoms with E-state index in [4.69, 9.17) is 4.74 Å². The van der Waals surface area contributed by atoms with E-state index in [1.165, 1.54) is 0 Å². The lowest BCUT2D eigenvalue weighted by atomic mass is 10.00. The summed E-state index contributed by atoms with van der Waals surface area (Å²) < 4.78 is 5.28. The van der Waals surface area contributed by atoms with Crippen molar-refractivity contribution >= 4 is 10.9 Å². The number of aryl methyl sites for hydroxylation is 1. The van der Waals surface area contributed by atoms with Crippen LogP contribution in [0.4, 0.5) is 0 Å². The first kappa shape index (κ1) is 12.5. The Kier molecular flexibility index (Phi) is 3.03. The molecule has 0 spiro atoms. The molecule has 20 heavy (non-hydrogen) atoms. The fraction of sp³-hybridized carbons (Fsp3) is 0.118. The molecule has 0 amide bonds. The van der Waals surface area contributed by atoms with Crippen LogP contribution < -0.4 is 4.74 Å². The molecule has 0 saturated heterocycles. The second-order valence-electron chi connectivity index (χ2n) is 4.74. The monoisotopic (exact) mass is 265 g/mol. The Morgan fingerprint density at radius 3 is 2.65 bits per heavy atom. The summed E-state index contributed by atoms with van der Waals surface area (Å²) in [6.45, 7) is 1.88. The van der Waals surface area contributed by atoms with E-state index in [0.717, 1.165) is 33.3 Å². The zero-order valence-corrected chi connectivity index (χ0v) is 11.4. The highest BCUT2D eigenvalue weighted by Gasteiger charge is 2.07. The van der Waals surface area contributed by atoms with Crippen molar-refractivity contribution in [2.45, 2.75) is 6.92 Å². The van der Waals surface area contributed by atoms with Crippen LogP contribution in [-0.4, -0.2) is 17.2 Å². The molecular weight excluding hydrogens is 250 g/mol. The maximum atomic E-state index is 9.89. The lowest BCUT2D eigenvalue weighted by Crippen LogP contribution is -1.88. The molecule has 3 nitrogen and oxygen atoms in total. The molecule has 0 aliphatic heterocycles. The Morgan fingerprint density at radius 2 is 1.90 bits per heavy atom. The molecule has 0 bridgehead atoms. The molecule has 1 N–H and O–H groups in total. The Labute approximate surface area is 117 Å².